The van der Waals surface area contributed by atoms with Gasteiger partial charge in [-0.25, -0.2) is 0 Å². The van der Waals surface area contributed by atoms with E-state index in [4.69, 9.17) is 5.26 Å². The standard InChI is InChI=1S/C9H9NS/c1-2-8-4-3-7(6-10)5-9(8)11/h3-5,11H,2H2,1H3. The van der Waals surface area contributed by atoms with Gasteiger partial charge in [-0.3, -0.25) is 0 Å². The molecule has 0 aliphatic rings. The maximum absolute atomic E-state index is 8.54. The number of hydrogen-bond acceptors (Lipinski definition) is 2. The summed E-state index contributed by atoms with van der Waals surface area (Å²) in [6.07, 6.45) is 0.963. The summed E-state index contributed by atoms with van der Waals surface area (Å²) in [6, 6.07) is 7.63. The lowest BCUT2D eigenvalue weighted by Crippen LogP contribution is -1.83. The third-order valence-corrected chi connectivity index (χ3v) is 2.01. The van der Waals surface area contributed by atoms with Crippen LogP contribution in [0.4, 0.5) is 0 Å². The topological polar surface area (TPSA) is 23.8 Å². The number of hydrogen-bond donors (Lipinski definition) is 1. The third-order valence-electron chi connectivity index (χ3n) is 1.60. The number of nitrogens with zero attached hydrogens (tertiary/aromatic N) is 1. The minimum Gasteiger partial charge on any atom is -0.192 e. The normalized spacial score (nSPS) is 9.18. The molecule has 0 aromatic heterocycles. The van der Waals surface area contributed by atoms with Crippen LogP contribution >= 0.6 is 12.6 Å². The molecule has 1 aromatic rings. The van der Waals surface area contributed by atoms with E-state index in [-0.39, 0.29) is 0 Å². The average molecular weight is 163 g/mol. The van der Waals surface area contributed by atoms with Crippen LogP contribution < -0.4 is 0 Å². The molecule has 0 N–H and O–H groups in total. The first kappa shape index (κ1) is 8.16. The third kappa shape index (κ3) is 1.75. The Kier molecular flexibility index (Phi) is 2.56. The van der Waals surface area contributed by atoms with Gasteiger partial charge in [-0.1, -0.05) is 13.0 Å². The van der Waals surface area contributed by atoms with Crippen molar-refractivity contribution in [2.75, 3.05) is 0 Å². The van der Waals surface area contributed by atoms with Crippen LogP contribution in [0.15, 0.2) is 23.1 Å². The number of rotatable bonds is 1. The fourth-order valence-electron chi connectivity index (χ4n) is 0.932. The van der Waals surface area contributed by atoms with Crippen molar-refractivity contribution in [2.45, 2.75) is 18.2 Å². The second kappa shape index (κ2) is 3.45. The van der Waals surface area contributed by atoms with Crippen LogP contribution in [0.5, 0.6) is 0 Å². The summed E-state index contributed by atoms with van der Waals surface area (Å²) in [5, 5.41) is 8.54. The molecule has 0 atom stereocenters. The van der Waals surface area contributed by atoms with Crippen molar-refractivity contribution in [2.24, 2.45) is 0 Å². The van der Waals surface area contributed by atoms with Gasteiger partial charge in [0, 0.05) is 4.90 Å². The SMILES string of the molecule is CCc1ccc(C#N)cc1S. The Hall–Kier alpha value is -0.940. The van der Waals surface area contributed by atoms with E-state index in [0.29, 0.717) is 5.56 Å². The van der Waals surface area contributed by atoms with Gasteiger partial charge in [-0.2, -0.15) is 5.26 Å². The Morgan fingerprint density at radius 3 is 2.73 bits per heavy atom. The molecule has 2 heteroatoms. The monoisotopic (exact) mass is 163 g/mol. The van der Waals surface area contributed by atoms with Gasteiger partial charge in [-0.05, 0) is 24.1 Å². The van der Waals surface area contributed by atoms with Gasteiger partial charge in [0.05, 0.1) is 11.6 Å². The average Bonchev–Trinajstić information content (AvgIpc) is 2.04. The van der Waals surface area contributed by atoms with Crippen molar-refractivity contribution in [3.05, 3.63) is 29.3 Å². The zero-order valence-corrected chi connectivity index (χ0v) is 7.23. The van der Waals surface area contributed by atoms with E-state index >= 15 is 0 Å². The van der Waals surface area contributed by atoms with Gasteiger partial charge < -0.3 is 0 Å². The fraction of sp³-hybridized carbons (Fsp3) is 0.222. The molecule has 0 bridgehead atoms. The summed E-state index contributed by atoms with van der Waals surface area (Å²) < 4.78 is 0. The van der Waals surface area contributed by atoms with Gasteiger partial charge in [0.1, 0.15) is 0 Å². The van der Waals surface area contributed by atoms with Crippen LogP contribution in [0.3, 0.4) is 0 Å². The van der Waals surface area contributed by atoms with Gasteiger partial charge in [-0.15, -0.1) is 12.6 Å². The molecular formula is C9H9NS. The molecule has 0 aliphatic heterocycles. The smallest absolute Gasteiger partial charge is 0.0992 e. The summed E-state index contributed by atoms with van der Waals surface area (Å²) in [6.45, 7) is 2.07. The van der Waals surface area contributed by atoms with Crippen LogP contribution in [0.25, 0.3) is 0 Å². The van der Waals surface area contributed by atoms with E-state index in [2.05, 4.69) is 25.6 Å². The molecule has 0 amide bonds. The summed E-state index contributed by atoms with van der Waals surface area (Å²) in [7, 11) is 0. The van der Waals surface area contributed by atoms with E-state index in [1.54, 1.807) is 6.07 Å². The summed E-state index contributed by atoms with van der Waals surface area (Å²) in [5.41, 5.74) is 1.86. The lowest BCUT2D eigenvalue weighted by Gasteiger charge is -2.00. The van der Waals surface area contributed by atoms with Crippen LogP contribution in [0.2, 0.25) is 0 Å². The van der Waals surface area contributed by atoms with Crippen molar-refractivity contribution in [3.8, 4) is 6.07 Å². The Morgan fingerprint density at radius 1 is 1.55 bits per heavy atom. The maximum atomic E-state index is 8.54. The number of thiol groups is 1. The van der Waals surface area contributed by atoms with Crippen LogP contribution in [-0.4, -0.2) is 0 Å². The Bertz CT molecular complexity index is 299. The van der Waals surface area contributed by atoms with E-state index in [1.165, 1.54) is 5.56 Å². The van der Waals surface area contributed by atoms with Gasteiger partial charge in [0.2, 0.25) is 0 Å². The van der Waals surface area contributed by atoms with Crippen LogP contribution in [0.1, 0.15) is 18.1 Å². The maximum Gasteiger partial charge on any atom is 0.0992 e. The molecular weight excluding hydrogens is 154 g/mol. The molecule has 0 unspecified atom stereocenters. The zero-order valence-electron chi connectivity index (χ0n) is 6.33. The molecule has 0 radical (unpaired) electrons. The Morgan fingerprint density at radius 2 is 2.27 bits per heavy atom. The zero-order chi connectivity index (χ0) is 8.27. The summed E-state index contributed by atoms with van der Waals surface area (Å²) >= 11 is 4.25. The highest BCUT2D eigenvalue weighted by Gasteiger charge is 1.96. The molecule has 0 saturated heterocycles. The molecule has 0 heterocycles. The Labute approximate surface area is 72.1 Å². The predicted octanol–water partition coefficient (Wildman–Crippen LogP) is 2.41. The summed E-state index contributed by atoms with van der Waals surface area (Å²) in [4.78, 5) is 0.909. The molecule has 56 valence electrons. The van der Waals surface area contributed by atoms with E-state index in [9.17, 15) is 0 Å². The van der Waals surface area contributed by atoms with Gasteiger partial charge >= 0.3 is 0 Å². The van der Waals surface area contributed by atoms with Crippen molar-refractivity contribution >= 4 is 12.6 Å². The largest absolute Gasteiger partial charge is 0.192 e. The molecule has 11 heavy (non-hydrogen) atoms. The second-order valence-corrected chi connectivity index (χ2v) is 2.79. The molecule has 1 rings (SSSR count). The highest BCUT2D eigenvalue weighted by Crippen LogP contribution is 2.15. The highest BCUT2D eigenvalue weighted by atomic mass is 32.1. The van der Waals surface area contributed by atoms with Crippen molar-refractivity contribution < 1.29 is 0 Å². The molecule has 0 aliphatic carbocycles. The predicted molar refractivity (Wildman–Crippen MR) is 47.8 cm³/mol. The van der Waals surface area contributed by atoms with E-state index in [0.717, 1.165) is 11.3 Å². The molecule has 0 spiro atoms. The molecule has 0 saturated carbocycles. The second-order valence-electron chi connectivity index (χ2n) is 2.31. The molecule has 1 nitrogen and oxygen atoms in total. The van der Waals surface area contributed by atoms with Crippen molar-refractivity contribution in [3.63, 3.8) is 0 Å². The number of nitriles is 1. The molecule has 1 aromatic carbocycles. The lowest BCUT2D eigenvalue weighted by molar-refractivity contribution is 1.08. The molecule has 0 fully saturated rings. The number of aryl methyl sites for hydroxylation is 1. The van der Waals surface area contributed by atoms with Gasteiger partial charge in [0.25, 0.3) is 0 Å². The first-order valence-electron chi connectivity index (χ1n) is 3.50. The van der Waals surface area contributed by atoms with Crippen molar-refractivity contribution in [1.29, 1.82) is 5.26 Å². The fourth-order valence-corrected chi connectivity index (χ4v) is 1.30. The minimum atomic E-state index is 0.673. The highest BCUT2D eigenvalue weighted by molar-refractivity contribution is 7.80. The lowest BCUT2D eigenvalue weighted by atomic mass is 10.1. The Balaban J connectivity index is 3.12. The quantitative estimate of drug-likeness (QED) is 0.631. The summed E-state index contributed by atoms with van der Waals surface area (Å²) in [5.74, 6) is 0. The minimum absolute atomic E-state index is 0.673. The first-order valence-corrected chi connectivity index (χ1v) is 3.94. The first-order chi connectivity index (χ1) is 5.27. The van der Waals surface area contributed by atoms with E-state index in [1.807, 2.05) is 12.1 Å². The van der Waals surface area contributed by atoms with Gasteiger partial charge in [0.15, 0.2) is 0 Å². The van der Waals surface area contributed by atoms with Crippen molar-refractivity contribution in [1.82, 2.24) is 0 Å². The van der Waals surface area contributed by atoms with E-state index < -0.39 is 0 Å². The van der Waals surface area contributed by atoms with Crippen LogP contribution in [0, 0.1) is 11.3 Å². The van der Waals surface area contributed by atoms with Crippen LogP contribution in [-0.2, 0) is 6.42 Å². The number of benzene rings is 1.